The summed E-state index contributed by atoms with van der Waals surface area (Å²) in [5.41, 5.74) is 3.15. The van der Waals surface area contributed by atoms with Gasteiger partial charge in [-0.25, -0.2) is 0 Å². The largest absolute Gasteiger partial charge is 0.573 e. The Morgan fingerprint density at radius 3 is 2.76 bits per heavy atom. The van der Waals surface area contributed by atoms with Crippen LogP contribution in [0.25, 0.3) is 10.9 Å². The Morgan fingerprint density at radius 1 is 1.18 bits per heavy atom. The minimum atomic E-state index is -4.63. The Kier molecular flexibility index (Phi) is 2.11. The first kappa shape index (κ1) is 10.5. The number of H-pyrrole nitrogens is 1. The fraction of sp³-hybridized carbons (Fsp3) is 0.333. The van der Waals surface area contributed by atoms with Gasteiger partial charge in [-0.2, -0.15) is 0 Å². The topological polar surface area (TPSA) is 25.0 Å². The summed E-state index contributed by atoms with van der Waals surface area (Å²) < 4.78 is 40.3. The highest BCUT2D eigenvalue weighted by Gasteiger charge is 2.31. The molecule has 0 atom stereocenters. The molecule has 1 aromatic heterocycles. The SMILES string of the molecule is FC(F)(F)Oc1ccc2[nH]c3c(c2c1)CCC3. The molecule has 1 aromatic carbocycles. The summed E-state index contributed by atoms with van der Waals surface area (Å²) >= 11 is 0. The van der Waals surface area contributed by atoms with Crippen LogP contribution in [-0.2, 0) is 12.8 Å². The molecule has 0 amide bonds. The maximum absolute atomic E-state index is 12.1. The van der Waals surface area contributed by atoms with E-state index in [4.69, 9.17) is 0 Å². The molecule has 90 valence electrons. The summed E-state index contributed by atoms with van der Waals surface area (Å²) in [7, 11) is 0. The molecule has 0 fully saturated rings. The van der Waals surface area contributed by atoms with Gasteiger partial charge in [0.2, 0.25) is 0 Å². The Hall–Kier alpha value is -1.65. The van der Waals surface area contributed by atoms with E-state index >= 15 is 0 Å². The molecular weight excluding hydrogens is 231 g/mol. The van der Waals surface area contributed by atoms with Gasteiger partial charge in [-0.1, -0.05) is 0 Å². The van der Waals surface area contributed by atoms with Crippen LogP contribution < -0.4 is 4.74 Å². The van der Waals surface area contributed by atoms with Gasteiger partial charge >= 0.3 is 6.36 Å². The molecule has 2 nitrogen and oxygen atoms in total. The van der Waals surface area contributed by atoms with Crippen molar-refractivity contribution in [2.45, 2.75) is 25.6 Å². The molecule has 1 N–H and O–H groups in total. The molecule has 2 aromatic rings. The van der Waals surface area contributed by atoms with Crippen LogP contribution in [0.5, 0.6) is 5.75 Å². The molecular formula is C12H10F3NO. The molecule has 3 rings (SSSR count). The molecule has 5 heteroatoms. The third kappa shape index (κ3) is 1.85. The average molecular weight is 241 g/mol. The molecule has 0 aliphatic heterocycles. The number of fused-ring (bicyclic) bond motifs is 3. The zero-order chi connectivity index (χ0) is 12.0. The monoisotopic (exact) mass is 241 g/mol. The average Bonchev–Trinajstić information content (AvgIpc) is 2.75. The fourth-order valence-electron chi connectivity index (χ4n) is 2.42. The van der Waals surface area contributed by atoms with Crippen LogP contribution in [0.1, 0.15) is 17.7 Å². The number of aryl methyl sites for hydroxylation is 2. The van der Waals surface area contributed by atoms with Crippen LogP contribution in [0.3, 0.4) is 0 Å². The van der Waals surface area contributed by atoms with E-state index in [-0.39, 0.29) is 5.75 Å². The van der Waals surface area contributed by atoms with E-state index in [0.717, 1.165) is 41.4 Å². The maximum atomic E-state index is 12.1. The van der Waals surface area contributed by atoms with Crippen LogP contribution in [0.2, 0.25) is 0 Å². The van der Waals surface area contributed by atoms with Crippen molar-refractivity contribution in [3.05, 3.63) is 29.5 Å². The quantitative estimate of drug-likeness (QED) is 0.811. The van der Waals surface area contributed by atoms with E-state index in [9.17, 15) is 13.2 Å². The van der Waals surface area contributed by atoms with Crippen LogP contribution in [0.15, 0.2) is 18.2 Å². The van der Waals surface area contributed by atoms with Crippen molar-refractivity contribution >= 4 is 10.9 Å². The summed E-state index contributed by atoms with van der Waals surface area (Å²) in [5, 5.41) is 0.847. The summed E-state index contributed by atoms with van der Waals surface area (Å²) in [5.74, 6) is -0.154. The van der Waals surface area contributed by atoms with Gasteiger partial charge in [-0.15, -0.1) is 13.2 Å². The summed E-state index contributed by atoms with van der Waals surface area (Å²) in [6.07, 6.45) is -1.68. The van der Waals surface area contributed by atoms with Crippen molar-refractivity contribution in [1.82, 2.24) is 4.98 Å². The molecule has 17 heavy (non-hydrogen) atoms. The Labute approximate surface area is 95.4 Å². The van der Waals surface area contributed by atoms with Crippen LogP contribution in [0.4, 0.5) is 13.2 Å². The highest BCUT2D eigenvalue weighted by molar-refractivity contribution is 5.86. The van der Waals surface area contributed by atoms with E-state index in [2.05, 4.69) is 9.72 Å². The van der Waals surface area contributed by atoms with Crippen LogP contribution in [-0.4, -0.2) is 11.3 Å². The van der Waals surface area contributed by atoms with Gasteiger partial charge in [-0.05, 0) is 43.0 Å². The van der Waals surface area contributed by atoms with Crippen molar-refractivity contribution in [2.24, 2.45) is 0 Å². The standard InChI is InChI=1S/C12H10F3NO/c13-12(14,15)17-7-4-5-11-9(6-7)8-2-1-3-10(8)16-11/h4-6,16H,1-3H2. The van der Waals surface area contributed by atoms with Gasteiger partial charge < -0.3 is 9.72 Å². The number of halogens is 3. The summed E-state index contributed by atoms with van der Waals surface area (Å²) in [4.78, 5) is 3.23. The van der Waals surface area contributed by atoms with Gasteiger partial charge in [0, 0.05) is 16.6 Å². The third-order valence-electron chi connectivity index (χ3n) is 3.05. The van der Waals surface area contributed by atoms with E-state index in [0.29, 0.717) is 0 Å². The van der Waals surface area contributed by atoms with Gasteiger partial charge in [0.05, 0.1) is 0 Å². The second-order valence-corrected chi connectivity index (χ2v) is 4.19. The number of hydrogen-bond acceptors (Lipinski definition) is 1. The molecule has 0 saturated heterocycles. The number of aromatic nitrogens is 1. The minimum absolute atomic E-state index is 0.154. The normalized spacial score (nSPS) is 15.2. The van der Waals surface area contributed by atoms with Crippen molar-refractivity contribution in [3.8, 4) is 5.75 Å². The van der Waals surface area contributed by atoms with Gasteiger partial charge in [0.15, 0.2) is 0 Å². The summed E-state index contributed by atoms with van der Waals surface area (Å²) in [6, 6.07) is 4.43. The minimum Gasteiger partial charge on any atom is -0.406 e. The summed E-state index contributed by atoms with van der Waals surface area (Å²) in [6.45, 7) is 0. The van der Waals surface area contributed by atoms with Crippen LogP contribution in [0, 0.1) is 0 Å². The number of hydrogen-bond donors (Lipinski definition) is 1. The van der Waals surface area contributed by atoms with Gasteiger partial charge in [0.1, 0.15) is 5.75 Å². The second kappa shape index (κ2) is 3.42. The smallest absolute Gasteiger partial charge is 0.406 e. The lowest BCUT2D eigenvalue weighted by molar-refractivity contribution is -0.274. The maximum Gasteiger partial charge on any atom is 0.573 e. The zero-order valence-electron chi connectivity index (χ0n) is 8.90. The molecule has 1 heterocycles. The van der Waals surface area contributed by atoms with Gasteiger partial charge in [-0.3, -0.25) is 0 Å². The first-order chi connectivity index (χ1) is 8.03. The Balaban J connectivity index is 2.06. The van der Waals surface area contributed by atoms with Crippen molar-refractivity contribution in [1.29, 1.82) is 0 Å². The highest BCUT2D eigenvalue weighted by Crippen LogP contribution is 2.33. The highest BCUT2D eigenvalue weighted by atomic mass is 19.4. The van der Waals surface area contributed by atoms with E-state index in [1.165, 1.54) is 12.1 Å². The Bertz CT molecular complexity index is 571. The number of benzene rings is 1. The lowest BCUT2D eigenvalue weighted by Gasteiger charge is -2.08. The first-order valence-corrected chi connectivity index (χ1v) is 5.42. The lowest BCUT2D eigenvalue weighted by Crippen LogP contribution is -2.16. The lowest BCUT2D eigenvalue weighted by atomic mass is 10.1. The van der Waals surface area contributed by atoms with Crippen molar-refractivity contribution < 1.29 is 17.9 Å². The van der Waals surface area contributed by atoms with Crippen LogP contribution >= 0.6 is 0 Å². The first-order valence-electron chi connectivity index (χ1n) is 5.42. The predicted octanol–water partition coefficient (Wildman–Crippen LogP) is 3.56. The Morgan fingerprint density at radius 2 is 2.00 bits per heavy atom. The molecule has 0 spiro atoms. The molecule has 0 radical (unpaired) electrons. The molecule has 0 saturated carbocycles. The van der Waals surface area contributed by atoms with E-state index < -0.39 is 6.36 Å². The fourth-order valence-corrected chi connectivity index (χ4v) is 2.42. The van der Waals surface area contributed by atoms with Gasteiger partial charge in [0.25, 0.3) is 0 Å². The molecule has 1 aliphatic rings. The number of alkyl halides is 3. The van der Waals surface area contributed by atoms with Crippen molar-refractivity contribution in [3.63, 3.8) is 0 Å². The van der Waals surface area contributed by atoms with E-state index in [1.807, 2.05) is 0 Å². The van der Waals surface area contributed by atoms with Crippen molar-refractivity contribution in [2.75, 3.05) is 0 Å². The number of rotatable bonds is 1. The number of ether oxygens (including phenoxy) is 1. The number of aromatic amines is 1. The van der Waals surface area contributed by atoms with E-state index in [1.54, 1.807) is 6.07 Å². The molecule has 1 aliphatic carbocycles. The molecule has 0 unspecified atom stereocenters. The predicted molar refractivity (Wildman–Crippen MR) is 57.0 cm³/mol. The molecule has 0 bridgehead atoms. The third-order valence-corrected chi connectivity index (χ3v) is 3.05. The second-order valence-electron chi connectivity index (χ2n) is 4.19. The zero-order valence-corrected chi connectivity index (χ0v) is 8.90. The number of nitrogens with one attached hydrogen (secondary N) is 1.